The minimum atomic E-state index is -1.24. The topological polar surface area (TPSA) is 50.1 Å². The number of nitrogens with zero attached hydrogens (tertiary/aromatic N) is 1. The molecule has 21 heavy (non-hydrogen) atoms. The lowest BCUT2D eigenvalue weighted by atomic mass is 9.91. The molecule has 0 aliphatic rings. The van der Waals surface area contributed by atoms with Gasteiger partial charge in [-0.3, -0.25) is 4.79 Å². The van der Waals surface area contributed by atoms with Crippen LogP contribution in [0.25, 0.3) is 0 Å². The van der Waals surface area contributed by atoms with Gasteiger partial charge >= 0.3 is 0 Å². The number of nitriles is 1. The number of hydrogen-bond donors (Lipinski definition) is 0. The van der Waals surface area contributed by atoms with Gasteiger partial charge in [0.25, 0.3) is 0 Å². The first-order valence-corrected chi connectivity index (χ1v) is 6.10. The van der Waals surface area contributed by atoms with E-state index in [0.29, 0.717) is 11.3 Å². The molecule has 5 heteroatoms. The maximum atomic E-state index is 13.7. The maximum Gasteiger partial charge on any atom is 0.187 e. The van der Waals surface area contributed by atoms with Crippen molar-refractivity contribution in [2.45, 2.75) is 5.92 Å². The summed E-state index contributed by atoms with van der Waals surface area (Å²) in [5.74, 6) is -3.91. The van der Waals surface area contributed by atoms with E-state index in [0.717, 1.165) is 12.1 Å². The van der Waals surface area contributed by atoms with Crippen molar-refractivity contribution in [2.75, 3.05) is 7.11 Å². The van der Waals surface area contributed by atoms with Gasteiger partial charge in [0.2, 0.25) is 0 Å². The van der Waals surface area contributed by atoms with Crippen molar-refractivity contribution in [2.24, 2.45) is 0 Å². The molecule has 1 atom stereocenters. The van der Waals surface area contributed by atoms with E-state index in [1.807, 2.05) is 6.07 Å². The Kier molecular flexibility index (Phi) is 4.29. The number of carbonyl (C=O) groups is 1. The summed E-state index contributed by atoms with van der Waals surface area (Å²) in [4.78, 5) is 12.3. The molecule has 3 nitrogen and oxygen atoms in total. The van der Waals surface area contributed by atoms with Gasteiger partial charge in [-0.2, -0.15) is 5.26 Å². The van der Waals surface area contributed by atoms with Gasteiger partial charge in [0.1, 0.15) is 11.7 Å². The third-order valence-electron chi connectivity index (χ3n) is 3.04. The number of hydrogen-bond acceptors (Lipinski definition) is 3. The van der Waals surface area contributed by atoms with Crippen LogP contribution in [0.3, 0.4) is 0 Å². The van der Waals surface area contributed by atoms with E-state index in [9.17, 15) is 18.8 Å². The first-order chi connectivity index (χ1) is 10.1. The minimum absolute atomic E-state index is 0.366. The summed E-state index contributed by atoms with van der Waals surface area (Å²) in [6, 6.07) is 11.5. The Bertz CT molecular complexity index is 722. The number of ether oxygens (including phenoxy) is 1. The predicted octanol–water partition coefficient (Wildman–Crippen LogP) is 3.46. The first kappa shape index (κ1) is 14.7. The lowest BCUT2D eigenvalue weighted by Crippen LogP contribution is -2.13. The zero-order chi connectivity index (χ0) is 15.4. The van der Waals surface area contributed by atoms with Crippen LogP contribution in [0.1, 0.15) is 21.8 Å². The van der Waals surface area contributed by atoms with Crippen molar-refractivity contribution in [3.63, 3.8) is 0 Å². The molecule has 0 aromatic heterocycles. The van der Waals surface area contributed by atoms with Crippen LogP contribution in [0.2, 0.25) is 0 Å². The second-order valence-corrected chi connectivity index (χ2v) is 4.30. The fourth-order valence-electron chi connectivity index (χ4n) is 1.96. The van der Waals surface area contributed by atoms with Gasteiger partial charge in [0, 0.05) is 0 Å². The van der Waals surface area contributed by atoms with Gasteiger partial charge in [0.05, 0.1) is 18.7 Å². The van der Waals surface area contributed by atoms with Crippen LogP contribution in [0.15, 0.2) is 42.5 Å². The van der Waals surface area contributed by atoms with Crippen molar-refractivity contribution in [1.82, 2.24) is 0 Å². The molecule has 2 aromatic carbocycles. The van der Waals surface area contributed by atoms with Gasteiger partial charge in [-0.1, -0.05) is 18.2 Å². The third kappa shape index (κ3) is 2.90. The Morgan fingerprint density at radius 2 is 1.95 bits per heavy atom. The quantitative estimate of drug-likeness (QED) is 0.809. The highest BCUT2D eigenvalue weighted by Crippen LogP contribution is 2.25. The summed E-state index contributed by atoms with van der Waals surface area (Å²) < 4.78 is 31.9. The van der Waals surface area contributed by atoms with Crippen LogP contribution in [0, 0.1) is 23.0 Å². The van der Waals surface area contributed by atoms with Crippen LogP contribution in [-0.4, -0.2) is 12.9 Å². The number of rotatable bonds is 4. The summed E-state index contributed by atoms with van der Waals surface area (Å²) >= 11 is 0. The van der Waals surface area contributed by atoms with Gasteiger partial charge in [-0.05, 0) is 29.8 Å². The lowest BCUT2D eigenvalue weighted by Gasteiger charge is -2.11. The molecule has 0 bridgehead atoms. The Balaban J connectivity index is 2.44. The van der Waals surface area contributed by atoms with Crippen molar-refractivity contribution >= 4 is 5.78 Å². The Hall–Kier alpha value is -2.74. The second-order valence-electron chi connectivity index (χ2n) is 4.30. The highest BCUT2D eigenvalue weighted by molar-refractivity contribution is 6.03. The molecule has 0 radical (unpaired) electrons. The maximum absolute atomic E-state index is 13.7. The highest BCUT2D eigenvalue weighted by Gasteiger charge is 2.25. The molecule has 0 spiro atoms. The molecule has 0 aliphatic carbocycles. The molecule has 0 aliphatic heterocycles. The molecular formula is C16H11F2NO2. The molecule has 0 saturated heterocycles. The molecule has 0 saturated carbocycles. The van der Waals surface area contributed by atoms with Gasteiger partial charge in [0.15, 0.2) is 17.4 Å². The largest absolute Gasteiger partial charge is 0.497 e. The molecule has 1 unspecified atom stereocenters. The van der Waals surface area contributed by atoms with Crippen LogP contribution in [-0.2, 0) is 0 Å². The Morgan fingerprint density at radius 1 is 1.24 bits per heavy atom. The number of ketones is 1. The number of carbonyl (C=O) groups excluding carboxylic acids is 1. The molecular weight excluding hydrogens is 276 g/mol. The van der Waals surface area contributed by atoms with Crippen molar-refractivity contribution in [3.05, 3.63) is 65.2 Å². The first-order valence-electron chi connectivity index (χ1n) is 6.10. The SMILES string of the molecule is COc1cccc(C(C#N)C(=O)c2cccc(F)c2F)c1. The van der Waals surface area contributed by atoms with E-state index in [1.54, 1.807) is 18.2 Å². The molecule has 2 rings (SSSR count). The standard InChI is InChI=1S/C16H11F2NO2/c1-21-11-5-2-4-10(8-11)13(9-19)16(20)12-6-3-7-14(17)15(12)18/h2-8,13H,1H3. The fraction of sp³-hybridized carbons (Fsp3) is 0.125. The monoisotopic (exact) mass is 287 g/mol. The van der Waals surface area contributed by atoms with Crippen LogP contribution >= 0.6 is 0 Å². The normalized spacial score (nSPS) is 11.5. The summed E-state index contributed by atoms with van der Waals surface area (Å²) in [5.41, 5.74) is -0.0742. The average molecular weight is 287 g/mol. The molecule has 0 amide bonds. The van der Waals surface area contributed by atoms with Crippen molar-refractivity contribution in [3.8, 4) is 11.8 Å². The van der Waals surface area contributed by atoms with E-state index in [4.69, 9.17) is 4.74 Å². The number of halogens is 2. The van der Waals surface area contributed by atoms with Gasteiger partial charge < -0.3 is 4.74 Å². The van der Waals surface area contributed by atoms with E-state index >= 15 is 0 Å². The van der Waals surface area contributed by atoms with E-state index in [-0.39, 0.29) is 0 Å². The van der Waals surface area contributed by atoms with Crippen molar-refractivity contribution in [1.29, 1.82) is 5.26 Å². The lowest BCUT2D eigenvalue weighted by molar-refractivity contribution is 0.0974. The third-order valence-corrected chi connectivity index (χ3v) is 3.04. The molecule has 2 aromatic rings. The predicted molar refractivity (Wildman–Crippen MR) is 72.0 cm³/mol. The molecule has 106 valence electrons. The zero-order valence-corrected chi connectivity index (χ0v) is 11.1. The summed E-state index contributed by atoms with van der Waals surface area (Å²) in [6.45, 7) is 0. The number of benzene rings is 2. The Labute approximate surface area is 120 Å². The minimum Gasteiger partial charge on any atom is -0.497 e. The average Bonchev–Trinajstić information content (AvgIpc) is 2.51. The van der Waals surface area contributed by atoms with E-state index < -0.39 is 28.9 Å². The summed E-state index contributed by atoms with van der Waals surface area (Å²) in [6.07, 6.45) is 0. The fourth-order valence-corrected chi connectivity index (χ4v) is 1.96. The van der Waals surface area contributed by atoms with Gasteiger partial charge in [-0.15, -0.1) is 0 Å². The van der Waals surface area contributed by atoms with Crippen molar-refractivity contribution < 1.29 is 18.3 Å². The van der Waals surface area contributed by atoms with E-state index in [2.05, 4.69) is 0 Å². The second kappa shape index (κ2) is 6.14. The summed E-state index contributed by atoms with van der Waals surface area (Å²) in [7, 11) is 1.45. The number of Topliss-reactive ketones (excluding diaryl/α,β-unsaturated/α-hetero) is 1. The van der Waals surface area contributed by atoms with Crippen LogP contribution in [0.4, 0.5) is 8.78 Å². The highest BCUT2D eigenvalue weighted by atomic mass is 19.2. The summed E-state index contributed by atoms with van der Waals surface area (Å²) in [5, 5.41) is 9.21. The smallest absolute Gasteiger partial charge is 0.187 e. The van der Waals surface area contributed by atoms with Crippen LogP contribution in [0.5, 0.6) is 5.75 Å². The number of methoxy groups -OCH3 is 1. The van der Waals surface area contributed by atoms with Gasteiger partial charge in [-0.25, -0.2) is 8.78 Å². The zero-order valence-electron chi connectivity index (χ0n) is 11.1. The molecule has 0 N–H and O–H groups in total. The Morgan fingerprint density at radius 3 is 2.62 bits per heavy atom. The van der Waals surface area contributed by atoms with Crippen LogP contribution < -0.4 is 4.74 Å². The molecule has 0 heterocycles. The van der Waals surface area contributed by atoms with E-state index in [1.165, 1.54) is 19.2 Å². The molecule has 0 fully saturated rings.